The minimum atomic E-state index is -0.282. The molecule has 0 atom stereocenters. The molecule has 4 heteroatoms. The third-order valence-corrected chi connectivity index (χ3v) is 2.86. The van der Waals surface area contributed by atoms with E-state index in [1.165, 1.54) is 0 Å². The van der Waals surface area contributed by atoms with Crippen molar-refractivity contribution in [3.63, 3.8) is 0 Å². The van der Waals surface area contributed by atoms with Gasteiger partial charge in [-0.2, -0.15) is 5.26 Å². The van der Waals surface area contributed by atoms with Gasteiger partial charge in [0.15, 0.2) is 0 Å². The molecule has 0 aromatic rings. The maximum atomic E-state index is 11.7. The summed E-state index contributed by atoms with van der Waals surface area (Å²) in [6, 6.07) is 2.26. The van der Waals surface area contributed by atoms with Crippen molar-refractivity contribution < 1.29 is 4.79 Å². The molecule has 0 saturated carbocycles. The van der Waals surface area contributed by atoms with Crippen LogP contribution in [0.2, 0.25) is 0 Å². The minimum Gasteiger partial charge on any atom is -0.343 e. The summed E-state index contributed by atoms with van der Waals surface area (Å²) >= 11 is 0. The van der Waals surface area contributed by atoms with Crippen molar-refractivity contribution in [3.8, 4) is 6.07 Å². The highest BCUT2D eigenvalue weighted by Crippen LogP contribution is 2.16. The number of carbonyl (C=O) groups excluding carboxylic acids is 1. The Morgan fingerprint density at radius 2 is 1.88 bits per heavy atom. The molecule has 0 rings (SSSR count). The van der Waals surface area contributed by atoms with E-state index in [9.17, 15) is 4.79 Å². The fraction of sp³-hybridized carbons (Fsp3) is 0.846. The molecular weight excluding hydrogens is 214 g/mol. The van der Waals surface area contributed by atoms with Crippen LogP contribution < -0.4 is 5.32 Å². The van der Waals surface area contributed by atoms with E-state index in [4.69, 9.17) is 5.26 Å². The molecule has 0 spiro atoms. The second kappa shape index (κ2) is 8.08. The molecule has 0 bridgehead atoms. The number of nitriles is 1. The van der Waals surface area contributed by atoms with Crippen molar-refractivity contribution >= 4 is 5.91 Å². The fourth-order valence-corrected chi connectivity index (χ4v) is 1.51. The lowest BCUT2D eigenvalue weighted by molar-refractivity contribution is -0.130. The first-order valence-electron chi connectivity index (χ1n) is 6.36. The van der Waals surface area contributed by atoms with Gasteiger partial charge in [-0.1, -0.05) is 0 Å². The largest absolute Gasteiger partial charge is 0.343 e. The Morgan fingerprint density at radius 3 is 2.35 bits per heavy atom. The van der Waals surface area contributed by atoms with E-state index in [0.29, 0.717) is 13.0 Å². The van der Waals surface area contributed by atoms with E-state index in [1.54, 1.807) is 0 Å². The van der Waals surface area contributed by atoms with Gasteiger partial charge in [-0.25, -0.2) is 0 Å². The van der Waals surface area contributed by atoms with Gasteiger partial charge in [0.05, 0.1) is 11.5 Å². The minimum absolute atomic E-state index is 0.196. The molecule has 0 aromatic carbocycles. The first-order valence-corrected chi connectivity index (χ1v) is 6.36. The Morgan fingerprint density at radius 1 is 1.29 bits per heavy atom. The standard InChI is InChI=1S/C13H25N3O/c1-5-16(6-2)12(17)7-9-15-10-8-13(3,4)11-14/h15H,5-10H2,1-4H3. The highest BCUT2D eigenvalue weighted by Gasteiger charge is 2.15. The zero-order valence-electron chi connectivity index (χ0n) is 11.5. The van der Waals surface area contributed by atoms with Crippen LogP contribution in [0.15, 0.2) is 0 Å². The van der Waals surface area contributed by atoms with Crippen LogP contribution in [-0.4, -0.2) is 37.0 Å². The van der Waals surface area contributed by atoms with Crippen LogP contribution in [0.1, 0.15) is 40.5 Å². The predicted molar refractivity (Wildman–Crippen MR) is 69.4 cm³/mol. The summed E-state index contributed by atoms with van der Waals surface area (Å²) in [7, 11) is 0. The van der Waals surface area contributed by atoms with Crippen LogP contribution >= 0.6 is 0 Å². The lowest BCUT2D eigenvalue weighted by Crippen LogP contribution is -2.33. The molecule has 0 aromatic heterocycles. The van der Waals surface area contributed by atoms with Gasteiger partial charge in [-0.05, 0) is 40.7 Å². The number of nitrogens with zero attached hydrogens (tertiary/aromatic N) is 2. The van der Waals surface area contributed by atoms with E-state index >= 15 is 0 Å². The van der Waals surface area contributed by atoms with Crippen molar-refractivity contribution in [3.05, 3.63) is 0 Å². The summed E-state index contributed by atoms with van der Waals surface area (Å²) in [5.74, 6) is 0.196. The smallest absolute Gasteiger partial charge is 0.223 e. The van der Waals surface area contributed by atoms with Crippen LogP contribution in [0, 0.1) is 16.7 Å². The van der Waals surface area contributed by atoms with E-state index in [-0.39, 0.29) is 11.3 Å². The number of rotatable bonds is 8. The first kappa shape index (κ1) is 15.9. The monoisotopic (exact) mass is 239 g/mol. The number of carbonyl (C=O) groups is 1. The topological polar surface area (TPSA) is 56.1 Å². The molecule has 1 amide bonds. The molecule has 0 unspecified atom stereocenters. The summed E-state index contributed by atoms with van der Waals surface area (Å²) in [4.78, 5) is 13.5. The number of hydrogen-bond donors (Lipinski definition) is 1. The molecule has 17 heavy (non-hydrogen) atoms. The van der Waals surface area contributed by atoms with Gasteiger partial charge in [0.2, 0.25) is 5.91 Å². The zero-order valence-corrected chi connectivity index (χ0v) is 11.5. The molecule has 0 heterocycles. The van der Waals surface area contributed by atoms with Crippen molar-refractivity contribution in [2.24, 2.45) is 5.41 Å². The molecule has 1 N–H and O–H groups in total. The number of amides is 1. The van der Waals surface area contributed by atoms with Gasteiger partial charge >= 0.3 is 0 Å². The normalized spacial score (nSPS) is 11.0. The summed E-state index contributed by atoms with van der Waals surface area (Å²) in [6.07, 6.45) is 1.34. The Kier molecular flexibility index (Phi) is 7.56. The Hall–Kier alpha value is -1.08. The Bertz CT molecular complexity index is 264. The second-order valence-electron chi connectivity index (χ2n) is 4.81. The average Bonchev–Trinajstić information content (AvgIpc) is 2.30. The number of hydrogen-bond acceptors (Lipinski definition) is 3. The zero-order chi connectivity index (χ0) is 13.3. The van der Waals surface area contributed by atoms with E-state index in [1.807, 2.05) is 32.6 Å². The molecule has 0 saturated heterocycles. The first-order chi connectivity index (χ1) is 7.96. The molecule has 0 radical (unpaired) electrons. The predicted octanol–water partition coefficient (Wildman–Crippen LogP) is 1.77. The van der Waals surface area contributed by atoms with Gasteiger partial charge in [-0.15, -0.1) is 0 Å². The van der Waals surface area contributed by atoms with Crippen molar-refractivity contribution in [1.82, 2.24) is 10.2 Å². The lowest BCUT2D eigenvalue weighted by Gasteiger charge is -2.19. The van der Waals surface area contributed by atoms with E-state index < -0.39 is 0 Å². The van der Waals surface area contributed by atoms with Gasteiger partial charge in [0, 0.05) is 26.1 Å². The molecule has 0 aliphatic carbocycles. The Balaban J connectivity index is 3.66. The second-order valence-corrected chi connectivity index (χ2v) is 4.81. The third-order valence-electron chi connectivity index (χ3n) is 2.86. The molecule has 0 aliphatic rings. The fourth-order valence-electron chi connectivity index (χ4n) is 1.51. The number of nitrogens with one attached hydrogen (secondary N) is 1. The molecule has 98 valence electrons. The van der Waals surface area contributed by atoms with E-state index in [0.717, 1.165) is 26.1 Å². The third kappa shape index (κ3) is 6.96. The van der Waals surface area contributed by atoms with Crippen LogP contribution in [0.4, 0.5) is 0 Å². The van der Waals surface area contributed by atoms with Gasteiger partial charge in [-0.3, -0.25) is 4.79 Å². The van der Waals surface area contributed by atoms with Gasteiger partial charge < -0.3 is 10.2 Å². The molecule has 0 aliphatic heterocycles. The maximum Gasteiger partial charge on any atom is 0.223 e. The highest BCUT2D eigenvalue weighted by atomic mass is 16.2. The Labute approximate surface area is 105 Å². The van der Waals surface area contributed by atoms with Crippen LogP contribution in [0.25, 0.3) is 0 Å². The SMILES string of the molecule is CCN(CC)C(=O)CCNCCC(C)(C)C#N. The van der Waals surface area contributed by atoms with Crippen molar-refractivity contribution in [2.75, 3.05) is 26.2 Å². The van der Waals surface area contributed by atoms with Gasteiger partial charge in [0.25, 0.3) is 0 Å². The lowest BCUT2D eigenvalue weighted by atomic mass is 9.91. The summed E-state index contributed by atoms with van der Waals surface area (Å²) in [5, 5.41) is 12.0. The van der Waals surface area contributed by atoms with Crippen LogP contribution in [-0.2, 0) is 4.79 Å². The average molecular weight is 239 g/mol. The van der Waals surface area contributed by atoms with Gasteiger partial charge in [0.1, 0.15) is 0 Å². The summed E-state index contributed by atoms with van der Waals surface area (Å²) in [6.45, 7) is 10.9. The summed E-state index contributed by atoms with van der Waals surface area (Å²) in [5.41, 5.74) is -0.282. The quantitative estimate of drug-likeness (QED) is 0.657. The molecular formula is C13H25N3O. The summed E-state index contributed by atoms with van der Waals surface area (Å²) < 4.78 is 0. The molecule has 0 fully saturated rings. The van der Waals surface area contributed by atoms with E-state index in [2.05, 4.69) is 11.4 Å². The van der Waals surface area contributed by atoms with Crippen molar-refractivity contribution in [2.45, 2.75) is 40.5 Å². The van der Waals surface area contributed by atoms with Crippen LogP contribution in [0.5, 0.6) is 0 Å². The van der Waals surface area contributed by atoms with Crippen molar-refractivity contribution in [1.29, 1.82) is 5.26 Å². The van der Waals surface area contributed by atoms with Crippen LogP contribution in [0.3, 0.4) is 0 Å². The maximum absolute atomic E-state index is 11.7. The molecule has 4 nitrogen and oxygen atoms in total. The highest BCUT2D eigenvalue weighted by molar-refractivity contribution is 5.76.